The van der Waals surface area contributed by atoms with Crippen molar-refractivity contribution in [2.75, 3.05) is 0 Å². The van der Waals surface area contributed by atoms with Crippen LogP contribution in [0.4, 0.5) is 0 Å². The first kappa shape index (κ1) is 11.8. The monoisotopic (exact) mass is 277 g/mol. The third-order valence-corrected chi connectivity index (χ3v) is 4.49. The molecule has 0 nitrogen and oxygen atoms in total. The Balaban J connectivity index is 1.95. The summed E-state index contributed by atoms with van der Waals surface area (Å²) < 4.78 is 0. The van der Waals surface area contributed by atoms with Crippen molar-refractivity contribution < 1.29 is 0 Å². The Morgan fingerprint density at radius 2 is 1.27 bits per heavy atom. The molecule has 0 N–H and O–H groups in total. The van der Waals surface area contributed by atoms with E-state index in [2.05, 4.69) is 78.9 Å². The zero-order valence-electron chi connectivity index (χ0n) is 12.0. The highest BCUT2D eigenvalue weighted by Crippen LogP contribution is 2.36. The van der Waals surface area contributed by atoms with Crippen molar-refractivity contribution in [2.24, 2.45) is 0 Å². The molecule has 1 radical (unpaired) electrons. The minimum absolute atomic E-state index is 1.20. The van der Waals surface area contributed by atoms with Crippen LogP contribution in [0.1, 0.15) is 0 Å². The molecule has 0 fully saturated rings. The molecule has 0 atom stereocenters. The van der Waals surface area contributed by atoms with Gasteiger partial charge in [-0.15, -0.1) is 0 Å². The van der Waals surface area contributed by atoms with E-state index >= 15 is 0 Å². The van der Waals surface area contributed by atoms with Gasteiger partial charge in [0.05, 0.1) is 0 Å². The van der Waals surface area contributed by atoms with Crippen LogP contribution in [0.3, 0.4) is 0 Å². The van der Waals surface area contributed by atoms with E-state index < -0.39 is 0 Å². The van der Waals surface area contributed by atoms with E-state index in [0.29, 0.717) is 0 Å². The predicted molar refractivity (Wildman–Crippen MR) is 94.4 cm³/mol. The van der Waals surface area contributed by atoms with Crippen LogP contribution in [0.2, 0.25) is 0 Å². The Morgan fingerprint density at radius 3 is 2.09 bits per heavy atom. The fourth-order valence-electron chi connectivity index (χ4n) is 3.47. The molecule has 0 saturated carbocycles. The van der Waals surface area contributed by atoms with Crippen molar-refractivity contribution in [3.05, 3.63) is 84.9 Å². The summed E-state index contributed by atoms with van der Waals surface area (Å²) in [5.74, 6) is 0. The second-order valence-corrected chi connectivity index (χ2v) is 5.78. The van der Waals surface area contributed by atoms with E-state index in [1.54, 1.807) is 0 Å². The van der Waals surface area contributed by atoms with E-state index in [0.717, 1.165) is 0 Å². The van der Waals surface area contributed by atoms with Gasteiger partial charge in [0.25, 0.3) is 0 Å². The van der Waals surface area contributed by atoms with Crippen LogP contribution in [-0.4, -0.2) is 0 Å². The summed E-state index contributed by atoms with van der Waals surface area (Å²) in [4.78, 5) is 0. The Labute approximate surface area is 129 Å². The highest BCUT2D eigenvalue weighted by molar-refractivity contribution is 6.23. The number of benzene rings is 5. The Morgan fingerprint density at radius 1 is 0.545 bits per heavy atom. The minimum atomic E-state index is 1.20. The molecule has 0 spiro atoms. The molecule has 0 heterocycles. The summed E-state index contributed by atoms with van der Waals surface area (Å²) in [7, 11) is 0. The molecule has 5 aromatic rings. The van der Waals surface area contributed by atoms with Gasteiger partial charge in [0.2, 0.25) is 0 Å². The van der Waals surface area contributed by atoms with Crippen molar-refractivity contribution in [3.8, 4) is 11.1 Å². The first-order chi connectivity index (χ1) is 10.9. The average Bonchev–Trinajstić information content (AvgIpc) is 2.60. The van der Waals surface area contributed by atoms with Gasteiger partial charge in [0, 0.05) is 0 Å². The van der Waals surface area contributed by atoms with Crippen LogP contribution in [0.15, 0.2) is 78.9 Å². The van der Waals surface area contributed by atoms with Gasteiger partial charge < -0.3 is 0 Å². The summed E-state index contributed by atoms with van der Waals surface area (Å²) >= 11 is 0. The zero-order chi connectivity index (χ0) is 14.5. The third kappa shape index (κ3) is 1.58. The van der Waals surface area contributed by atoms with E-state index in [1.807, 2.05) is 6.07 Å². The largest absolute Gasteiger partial charge is 0.0622 e. The van der Waals surface area contributed by atoms with Gasteiger partial charge in [0.15, 0.2) is 0 Å². The number of hydrogen-bond acceptors (Lipinski definition) is 0. The second kappa shape index (κ2) is 4.32. The standard InChI is InChI=1S/C22H13/c1-2-5-15(6-3-1)20-13-18-11-9-16-7-4-8-17-10-12-19(14-20)22(18)21(16)17/h1-7,9-14H. The molecule has 0 aromatic heterocycles. The molecule has 0 aliphatic heterocycles. The Bertz CT molecular complexity index is 1040. The minimum Gasteiger partial charge on any atom is -0.0622 e. The first-order valence-electron chi connectivity index (χ1n) is 7.55. The number of rotatable bonds is 1. The molecule has 0 heteroatoms. The van der Waals surface area contributed by atoms with E-state index in [-0.39, 0.29) is 0 Å². The topological polar surface area (TPSA) is 0 Å². The lowest BCUT2D eigenvalue weighted by Gasteiger charge is -2.12. The fourth-order valence-corrected chi connectivity index (χ4v) is 3.47. The molecule has 5 aromatic carbocycles. The van der Waals surface area contributed by atoms with Crippen LogP contribution in [0, 0.1) is 6.07 Å². The van der Waals surface area contributed by atoms with Crippen molar-refractivity contribution in [2.45, 2.75) is 0 Å². The van der Waals surface area contributed by atoms with Gasteiger partial charge in [-0.1, -0.05) is 66.7 Å². The van der Waals surface area contributed by atoms with Crippen molar-refractivity contribution in [1.29, 1.82) is 0 Å². The van der Waals surface area contributed by atoms with Crippen molar-refractivity contribution in [1.82, 2.24) is 0 Å². The summed E-state index contributed by atoms with van der Waals surface area (Å²) in [6, 6.07) is 31.5. The molecule has 5 rings (SSSR count). The second-order valence-electron chi connectivity index (χ2n) is 5.78. The van der Waals surface area contributed by atoms with Gasteiger partial charge in [-0.05, 0) is 61.6 Å². The first-order valence-corrected chi connectivity index (χ1v) is 7.55. The van der Waals surface area contributed by atoms with Crippen LogP contribution in [-0.2, 0) is 0 Å². The van der Waals surface area contributed by atoms with Crippen LogP contribution < -0.4 is 0 Å². The maximum absolute atomic E-state index is 3.36. The van der Waals surface area contributed by atoms with E-state index in [1.165, 1.54) is 43.4 Å². The molecule has 0 aliphatic carbocycles. The zero-order valence-corrected chi connectivity index (χ0v) is 12.0. The lowest BCUT2D eigenvalue weighted by atomic mass is 9.91. The van der Waals surface area contributed by atoms with Gasteiger partial charge in [-0.25, -0.2) is 0 Å². The van der Waals surface area contributed by atoms with E-state index in [9.17, 15) is 0 Å². The molecule has 101 valence electrons. The lowest BCUT2D eigenvalue weighted by molar-refractivity contribution is 1.66. The quantitative estimate of drug-likeness (QED) is 0.327. The van der Waals surface area contributed by atoms with Gasteiger partial charge in [-0.3, -0.25) is 0 Å². The molecular weight excluding hydrogens is 264 g/mol. The maximum Gasteiger partial charge on any atom is -0.00206 e. The summed E-state index contributed by atoms with van der Waals surface area (Å²) in [6.07, 6.45) is 0. The van der Waals surface area contributed by atoms with Gasteiger partial charge in [0.1, 0.15) is 0 Å². The van der Waals surface area contributed by atoms with Crippen LogP contribution in [0.5, 0.6) is 0 Å². The molecule has 0 amide bonds. The molecule has 0 bridgehead atoms. The SMILES string of the molecule is [c]1ccc2ccc3cc(-c4ccccc4)cc4ccc1c2c43. The van der Waals surface area contributed by atoms with Crippen LogP contribution in [0.25, 0.3) is 43.4 Å². The molecule has 0 saturated heterocycles. The summed E-state index contributed by atoms with van der Waals surface area (Å²) in [5, 5.41) is 7.77. The highest BCUT2D eigenvalue weighted by Gasteiger charge is 2.09. The highest BCUT2D eigenvalue weighted by atomic mass is 14.1. The van der Waals surface area contributed by atoms with Gasteiger partial charge in [-0.2, -0.15) is 0 Å². The molecule has 0 unspecified atom stereocenters. The average molecular weight is 277 g/mol. The third-order valence-electron chi connectivity index (χ3n) is 4.49. The van der Waals surface area contributed by atoms with Crippen molar-refractivity contribution >= 4 is 32.3 Å². The normalized spacial score (nSPS) is 11.6. The summed E-state index contributed by atoms with van der Waals surface area (Å²) in [5.41, 5.74) is 2.54. The Hall–Kier alpha value is -2.86. The van der Waals surface area contributed by atoms with Gasteiger partial charge >= 0.3 is 0 Å². The molecular formula is C22H13. The summed E-state index contributed by atoms with van der Waals surface area (Å²) in [6.45, 7) is 0. The fraction of sp³-hybridized carbons (Fsp3) is 0. The molecule has 22 heavy (non-hydrogen) atoms. The lowest BCUT2D eigenvalue weighted by Crippen LogP contribution is -1.85. The molecule has 0 aliphatic rings. The maximum atomic E-state index is 3.36. The van der Waals surface area contributed by atoms with E-state index in [4.69, 9.17) is 0 Å². The Kier molecular flexibility index (Phi) is 2.31. The van der Waals surface area contributed by atoms with Crippen LogP contribution >= 0.6 is 0 Å². The smallest absolute Gasteiger partial charge is 0.00206 e. The predicted octanol–water partition coefficient (Wildman–Crippen LogP) is 6.05. The van der Waals surface area contributed by atoms with Crippen molar-refractivity contribution in [3.63, 3.8) is 0 Å². The number of hydrogen-bond donors (Lipinski definition) is 0.